The molecular weight excluding hydrogens is 248 g/mol. The van der Waals surface area contributed by atoms with E-state index in [1.807, 2.05) is 0 Å². The number of nitrogens with zero attached hydrogens (tertiary/aromatic N) is 1. The molecule has 1 aliphatic heterocycles. The highest BCUT2D eigenvalue weighted by atomic mass is 16.5. The van der Waals surface area contributed by atoms with Crippen LogP contribution in [0.2, 0.25) is 0 Å². The molecule has 1 aliphatic rings. The molecule has 0 unspecified atom stereocenters. The number of urea groups is 1. The van der Waals surface area contributed by atoms with E-state index >= 15 is 0 Å². The number of nitrogens with one attached hydrogen (secondary N) is 1. The van der Waals surface area contributed by atoms with Crippen LogP contribution in [0.4, 0.5) is 4.79 Å². The molecule has 2 amide bonds. The number of likely N-dealkylation sites (tertiary alicyclic amines) is 1. The SMILES string of the molecule is CC(C)CCOCCNC(=O)N1CCC[C@@H]1C(=O)O. The Balaban J connectivity index is 2.15. The topological polar surface area (TPSA) is 78.9 Å². The van der Waals surface area contributed by atoms with Crippen molar-refractivity contribution in [2.24, 2.45) is 5.92 Å². The minimum atomic E-state index is -0.930. The fraction of sp³-hybridized carbons (Fsp3) is 0.846. The minimum Gasteiger partial charge on any atom is -0.480 e. The minimum absolute atomic E-state index is 0.308. The number of carboxylic acid groups (broad SMARTS) is 1. The predicted octanol–water partition coefficient (Wildman–Crippen LogP) is 1.31. The van der Waals surface area contributed by atoms with Gasteiger partial charge in [0.25, 0.3) is 0 Å². The van der Waals surface area contributed by atoms with E-state index in [-0.39, 0.29) is 6.03 Å². The Bertz CT molecular complexity index is 307. The number of carbonyl (C=O) groups excluding carboxylic acids is 1. The summed E-state index contributed by atoms with van der Waals surface area (Å²) in [6.45, 7) is 6.34. The van der Waals surface area contributed by atoms with Gasteiger partial charge in [-0.2, -0.15) is 0 Å². The van der Waals surface area contributed by atoms with Crippen molar-refractivity contribution in [2.75, 3.05) is 26.3 Å². The highest BCUT2D eigenvalue weighted by Gasteiger charge is 2.33. The van der Waals surface area contributed by atoms with Crippen LogP contribution in [0.25, 0.3) is 0 Å². The molecule has 6 heteroatoms. The van der Waals surface area contributed by atoms with Gasteiger partial charge in [0.15, 0.2) is 0 Å². The van der Waals surface area contributed by atoms with E-state index in [1.165, 1.54) is 4.90 Å². The Morgan fingerprint density at radius 2 is 2.16 bits per heavy atom. The maximum atomic E-state index is 11.8. The van der Waals surface area contributed by atoms with Crippen LogP contribution in [0.15, 0.2) is 0 Å². The fourth-order valence-corrected chi connectivity index (χ4v) is 2.02. The van der Waals surface area contributed by atoms with E-state index in [0.717, 1.165) is 12.8 Å². The Morgan fingerprint density at radius 3 is 2.79 bits per heavy atom. The molecule has 110 valence electrons. The number of hydrogen-bond acceptors (Lipinski definition) is 3. The first-order valence-corrected chi connectivity index (χ1v) is 6.87. The van der Waals surface area contributed by atoms with Gasteiger partial charge in [-0.25, -0.2) is 9.59 Å². The van der Waals surface area contributed by atoms with Gasteiger partial charge in [-0.05, 0) is 25.2 Å². The summed E-state index contributed by atoms with van der Waals surface area (Å²) in [4.78, 5) is 24.1. The summed E-state index contributed by atoms with van der Waals surface area (Å²) in [6, 6.07) is -0.987. The highest BCUT2D eigenvalue weighted by Crippen LogP contribution is 2.17. The molecule has 0 saturated carbocycles. The van der Waals surface area contributed by atoms with Gasteiger partial charge in [0, 0.05) is 19.7 Å². The largest absolute Gasteiger partial charge is 0.480 e. The third-order valence-electron chi connectivity index (χ3n) is 3.16. The molecule has 0 bridgehead atoms. The lowest BCUT2D eigenvalue weighted by Gasteiger charge is -2.21. The quantitative estimate of drug-likeness (QED) is 0.685. The number of carboxylic acids is 1. The molecule has 6 nitrogen and oxygen atoms in total. The average molecular weight is 272 g/mol. The summed E-state index contributed by atoms with van der Waals surface area (Å²) >= 11 is 0. The molecule has 1 saturated heterocycles. The van der Waals surface area contributed by atoms with Crippen molar-refractivity contribution in [3.63, 3.8) is 0 Å². The summed E-state index contributed by atoms with van der Waals surface area (Å²) in [6.07, 6.45) is 2.28. The summed E-state index contributed by atoms with van der Waals surface area (Å²) in [5.74, 6) is -0.323. The van der Waals surface area contributed by atoms with Crippen LogP contribution in [-0.2, 0) is 9.53 Å². The molecule has 0 aromatic carbocycles. The van der Waals surface area contributed by atoms with Crippen molar-refractivity contribution in [3.05, 3.63) is 0 Å². The summed E-state index contributed by atoms with van der Waals surface area (Å²) in [7, 11) is 0. The lowest BCUT2D eigenvalue weighted by Crippen LogP contribution is -2.46. The third-order valence-corrected chi connectivity index (χ3v) is 3.16. The van der Waals surface area contributed by atoms with Crippen molar-refractivity contribution in [3.8, 4) is 0 Å². The van der Waals surface area contributed by atoms with E-state index < -0.39 is 12.0 Å². The molecular formula is C13H24N2O4. The van der Waals surface area contributed by atoms with Gasteiger partial charge < -0.3 is 20.1 Å². The van der Waals surface area contributed by atoms with Crippen molar-refractivity contribution >= 4 is 12.0 Å². The van der Waals surface area contributed by atoms with Crippen LogP contribution in [-0.4, -0.2) is 54.4 Å². The second-order valence-corrected chi connectivity index (χ2v) is 5.22. The van der Waals surface area contributed by atoms with Crippen molar-refractivity contribution in [1.29, 1.82) is 0 Å². The smallest absolute Gasteiger partial charge is 0.326 e. The lowest BCUT2D eigenvalue weighted by molar-refractivity contribution is -0.141. The summed E-state index contributed by atoms with van der Waals surface area (Å²) < 4.78 is 5.38. The molecule has 1 heterocycles. The molecule has 0 aromatic heterocycles. The number of amides is 2. The predicted molar refractivity (Wildman–Crippen MR) is 71.0 cm³/mol. The van der Waals surface area contributed by atoms with E-state index in [9.17, 15) is 9.59 Å². The fourth-order valence-electron chi connectivity index (χ4n) is 2.02. The number of ether oxygens (including phenoxy) is 1. The van der Waals surface area contributed by atoms with Gasteiger partial charge in [-0.15, -0.1) is 0 Å². The van der Waals surface area contributed by atoms with Crippen molar-refractivity contribution in [2.45, 2.75) is 39.2 Å². The zero-order valence-corrected chi connectivity index (χ0v) is 11.7. The van der Waals surface area contributed by atoms with Crippen molar-refractivity contribution < 1.29 is 19.4 Å². The maximum Gasteiger partial charge on any atom is 0.326 e. The summed E-state index contributed by atoms with van der Waals surface area (Å²) in [5.41, 5.74) is 0. The van der Waals surface area contributed by atoms with E-state index in [0.29, 0.717) is 38.6 Å². The van der Waals surface area contributed by atoms with E-state index in [2.05, 4.69) is 19.2 Å². The molecule has 0 aromatic rings. The number of carbonyl (C=O) groups is 2. The molecule has 1 atom stereocenters. The molecule has 19 heavy (non-hydrogen) atoms. The van der Waals surface area contributed by atoms with Crippen LogP contribution >= 0.6 is 0 Å². The lowest BCUT2D eigenvalue weighted by atomic mass is 10.1. The zero-order chi connectivity index (χ0) is 14.3. The van der Waals surface area contributed by atoms with Gasteiger partial charge in [0.2, 0.25) is 0 Å². The van der Waals surface area contributed by atoms with Crippen molar-refractivity contribution in [1.82, 2.24) is 10.2 Å². The van der Waals surface area contributed by atoms with Gasteiger partial charge >= 0.3 is 12.0 Å². The first-order valence-electron chi connectivity index (χ1n) is 6.87. The molecule has 1 rings (SSSR count). The van der Waals surface area contributed by atoms with Crippen LogP contribution in [0.5, 0.6) is 0 Å². The van der Waals surface area contributed by atoms with E-state index in [1.54, 1.807) is 0 Å². The normalized spacial score (nSPS) is 18.9. The molecule has 0 aliphatic carbocycles. The second kappa shape index (κ2) is 7.99. The van der Waals surface area contributed by atoms with Crippen LogP contribution in [0, 0.1) is 5.92 Å². The van der Waals surface area contributed by atoms with Crippen LogP contribution < -0.4 is 5.32 Å². The van der Waals surface area contributed by atoms with Crippen LogP contribution in [0.1, 0.15) is 33.1 Å². The molecule has 0 radical (unpaired) electrons. The third kappa shape index (κ3) is 5.46. The van der Waals surface area contributed by atoms with Crippen LogP contribution in [0.3, 0.4) is 0 Å². The highest BCUT2D eigenvalue weighted by molar-refractivity contribution is 5.83. The zero-order valence-electron chi connectivity index (χ0n) is 11.7. The summed E-state index contributed by atoms with van der Waals surface area (Å²) in [5, 5.41) is 11.7. The standard InChI is InChI=1S/C13H24N2O4/c1-10(2)5-8-19-9-6-14-13(18)15-7-3-4-11(15)12(16)17/h10-11H,3-9H2,1-2H3,(H,14,18)(H,16,17)/t11-/m1/s1. The van der Waals surface area contributed by atoms with Gasteiger partial charge in [-0.1, -0.05) is 13.8 Å². The number of aliphatic carboxylic acids is 1. The monoisotopic (exact) mass is 272 g/mol. The Labute approximate surface area is 114 Å². The number of rotatable bonds is 7. The Morgan fingerprint density at radius 1 is 1.42 bits per heavy atom. The first-order chi connectivity index (χ1) is 9.02. The molecule has 2 N–H and O–H groups in total. The average Bonchev–Trinajstić information content (AvgIpc) is 2.82. The molecule has 1 fully saturated rings. The maximum absolute atomic E-state index is 11.8. The van der Waals surface area contributed by atoms with Gasteiger partial charge in [-0.3, -0.25) is 0 Å². The molecule has 0 spiro atoms. The van der Waals surface area contributed by atoms with E-state index in [4.69, 9.17) is 9.84 Å². The number of hydrogen-bond donors (Lipinski definition) is 2. The first kappa shape index (κ1) is 15.8. The Kier molecular flexibility index (Phi) is 6.62. The second-order valence-electron chi connectivity index (χ2n) is 5.22. The van der Waals surface area contributed by atoms with Gasteiger partial charge in [0.1, 0.15) is 6.04 Å². The Hall–Kier alpha value is -1.30. The van der Waals surface area contributed by atoms with Gasteiger partial charge in [0.05, 0.1) is 6.61 Å².